The normalized spacial score (nSPS) is 25.9. The van der Waals surface area contributed by atoms with Crippen LogP contribution in [-0.4, -0.2) is 34.9 Å². The standard InChI is InChI=1S/C21H27N3O4/c1-14(2)13-28-20(26)19-16(15-7-5-4-6-8-15)11-21(3,27)12-17(19)23-24-18(25)9-10-22/h4-8,14,16,19,27H,9,11-13H2,1-3H3,(H,24,25)/b23-17-/t16-,19+,21+/m1/s1. The maximum Gasteiger partial charge on any atom is 0.315 e. The minimum atomic E-state index is -1.09. The lowest BCUT2D eigenvalue weighted by atomic mass is 9.68. The Morgan fingerprint density at radius 2 is 2.07 bits per heavy atom. The highest BCUT2D eigenvalue weighted by Crippen LogP contribution is 2.41. The highest BCUT2D eigenvalue weighted by molar-refractivity contribution is 6.04. The van der Waals surface area contributed by atoms with Crippen LogP contribution in [0.3, 0.4) is 0 Å². The summed E-state index contributed by atoms with van der Waals surface area (Å²) in [5.41, 5.74) is 2.48. The van der Waals surface area contributed by atoms with E-state index in [0.29, 0.717) is 12.1 Å². The quantitative estimate of drug-likeness (QED) is 0.577. The zero-order valence-electron chi connectivity index (χ0n) is 16.5. The van der Waals surface area contributed by atoms with E-state index in [-0.39, 0.29) is 31.3 Å². The molecule has 7 heteroatoms. The lowest BCUT2D eigenvalue weighted by molar-refractivity contribution is -0.149. The number of rotatable bonds is 6. The van der Waals surface area contributed by atoms with Crippen molar-refractivity contribution < 1.29 is 19.4 Å². The van der Waals surface area contributed by atoms with Crippen molar-refractivity contribution in [3.05, 3.63) is 35.9 Å². The predicted molar refractivity (Wildman–Crippen MR) is 104 cm³/mol. The third kappa shape index (κ3) is 5.89. The molecular weight excluding hydrogens is 358 g/mol. The highest BCUT2D eigenvalue weighted by Gasteiger charge is 2.45. The van der Waals surface area contributed by atoms with Crippen LogP contribution in [0.2, 0.25) is 0 Å². The molecule has 1 saturated carbocycles. The van der Waals surface area contributed by atoms with Gasteiger partial charge in [-0.3, -0.25) is 9.59 Å². The van der Waals surface area contributed by atoms with Crippen molar-refractivity contribution in [3.8, 4) is 6.07 Å². The van der Waals surface area contributed by atoms with Crippen LogP contribution in [0.1, 0.15) is 51.5 Å². The summed E-state index contributed by atoms with van der Waals surface area (Å²) in [5.74, 6) is -1.86. The lowest BCUT2D eigenvalue weighted by Crippen LogP contribution is -2.46. The Bertz CT molecular complexity index is 766. The first-order valence-corrected chi connectivity index (χ1v) is 9.39. The summed E-state index contributed by atoms with van der Waals surface area (Å²) in [6.45, 7) is 5.86. The lowest BCUT2D eigenvalue weighted by Gasteiger charge is -2.39. The van der Waals surface area contributed by atoms with Gasteiger partial charge in [0.15, 0.2) is 0 Å². The third-order valence-corrected chi connectivity index (χ3v) is 4.59. The SMILES string of the molecule is CC(C)COC(=O)[C@@H]1/C(=N\NC(=O)CC#N)C[C@@](C)(O)C[C@@H]1c1ccccc1. The van der Waals surface area contributed by atoms with Gasteiger partial charge in [0.05, 0.1) is 24.0 Å². The minimum absolute atomic E-state index is 0.130. The van der Waals surface area contributed by atoms with Crippen LogP contribution < -0.4 is 5.43 Å². The van der Waals surface area contributed by atoms with E-state index in [0.717, 1.165) is 5.56 Å². The van der Waals surface area contributed by atoms with Crippen molar-refractivity contribution in [3.63, 3.8) is 0 Å². The molecular formula is C21H27N3O4. The fraction of sp³-hybridized carbons (Fsp3) is 0.524. The van der Waals surface area contributed by atoms with Crippen LogP contribution in [0.4, 0.5) is 0 Å². The zero-order chi connectivity index (χ0) is 20.7. The summed E-state index contributed by atoms with van der Waals surface area (Å²) in [6, 6.07) is 11.2. The van der Waals surface area contributed by atoms with Gasteiger partial charge < -0.3 is 9.84 Å². The third-order valence-electron chi connectivity index (χ3n) is 4.59. The van der Waals surface area contributed by atoms with Crippen LogP contribution >= 0.6 is 0 Å². The van der Waals surface area contributed by atoms with E-state index in [4.69, 9.17) is 10.00 Å². The Balaban J connectivity index is 2.40. The van der Waals surface area contributed by atoms with Crippen LogP contribution in [0, 0.1) is 23.2 Å². The first-order chi connectivity index (χ1) is 13.2. The molecule has 1 aromatic rings. The number of hydrogen-bond donors (Lipinski definition) is 2. The van der Waals surface area contributed by atoms with E-state index in [1.807, 2.05) is 44.2 Å². The van der Waals surface area contributed by atoms with E-state index >= 15 is 0 Å². The minimum Gasteiger partial charge on any atom is -0.465 e. The van der Waals surface area contributed by atoms with Gasteiger partial charge in [-0.25, -0.2) is 5.43 Å². The van der Waals surface area contributed by atoms with Crippen molar-refractivity contribution in [2.45, 2.75) is 51.6 Å². The van der Waals surface area contributed by atoms with Gasteiger partial charge in [-0.1, -0.05) is 44.2 Å². The molecule has 2 rings (SSSR count). The molecule has 0 radical (unpaired) electrons. The summed E-state index contributed by atoms with van der Waals surface area (Å²) >= 11 is 0. The van der Waals surface area contributed by atoms with Crippen molar-refractivity contribution in [2.75, 3.05) is 6.61 Å². The van der Waals surface area contributed by atoms with Crippen molar-refractivity contribution in [2.24, 2.45) is 16.9 Å². The number of hydrogen-bond acceptors (Lipinski definition) is 6. The Labute approximate surface area is 165 Å². The van der Waals surface area contributed by atoms with Crippen LogP contribution in [0.15, 0.2) is 35.4 Å². The number of carbonyl (C=O) groups excluding carboxylic acids is 2. The van der Waals surface area contributed by atoms with Crippen LogP contribution in [0.25, 0.3) is 0 Å². The van der Waals surface area contributed by atoms with Crippen molar-refractivity contribution in [1.29, 1.82) is 5.26 Å². The molecule has 3 atom stereocenters. The van der Waals surface area contributed by atoms with E-state index in [2.05, 4.69) is 10.5 Å². The monoisotopic (exact) mass is 385 g/mol. The average molecular weight is 385 g/mol. The summed E-state index contributed by atoms with van der Waals surface area (Å²) in [5, 5.41) is 23.5. The summed E-state index contributed by atoms with van der Waals surface area (Å²) in [6.07, 6.45) is 0.159. The molecule has 7 nitrogen and oxygen atoms in total. The predicted octanol–water partition coefficient (Wildman–Crippen LogP) is 2.52. The number of esters is 1. The number of hydrazone groups is 1. The van der Waals surface area contributed by atoms with Gasteiger partial charge in [0.2, 0.25) is 0 Å². The molecule has 1 aliphatic rings. The number of aliphatic hydroxyl groups is 1. The maximum absolute atomic E-state index is 12.9. The van der Waals surface area contributed by atoms with Gasteiger partial charge in [0.1, 0.15) is 12.3 Å². The summed E-state index contributed by atoms with van der Waals surface area (Å²) in [7, 11) is 0. The van der Waals surface area contributed by atoms with Crippen molar-refractivity contribution >= 4 is 17.6 Å². The number of carbonyl (C=O) groups is 2. The van der Waals surface area contributed by atoms with Gasteiger partial charge in [0.25, 0.3) is 5.91 Å². The second kappa shape index (κ2) is 9.47. The van der Waals surface area contributed by atoms with Gasteiger partial charge in [-0.05, 0) is 24.8 Å². The Morgan fingerprint density at radius 3 is 2.68 bits per heavy atom. The maximum atomic E-state index is 12.9. The molecule has 150 valence electrons. The van der Waals surface area contributed by atoms with Crippen molar-refractivity contribution in [1.82, 2.24) is 5.43 Å². The smallest absolute Gasteiger partial charge is 0.315 e. The number of nitriles is 1. The van der Waals surface area contributed by atoms with Gasteiger partial charge in [0, 0.05) is 12.3 Å². The topological polar surface area (TPSA) is 112 Å². The van der Waals surface area contributed by atoms with Crippen LogP contribution in [-0.2, 0) is 14.3 Å². The van der Waals surface area contributed by atoms with E-state index in [9.17, 15) is 14.7 Å². The molecule has 0 aromatic heterocycles. The zero-order valence-corrected chi connectivity index (χ0v) is 16.5. The fourth-order valence-electron chi connectivity index (χ4n) is 3.40. The van der Waals surface area contributed by atoms with E-state index in [1.54, 1.807) is 13.0 Å². The van der Waals surface area contributed by atoms with Gasteiger partial charge in [-0.15, -0.1) is 0 Å². The largest absolute Gasteiger partial charge is 0.465 e. The van der Waals surface area contributed by atoms with Gasteiger partial charge >= 0.3 is 5.97 Å². The summed E-state index contributed by atoms with van der Waals surface area (Å²) in [4.78, 5) is 24.6. The Hall–Kier alpha value is -2.72. The Morgan fingerprint density at radius 1 is 1.39 bits per heavy atom. The molecule has 0 spiro atoms. The first-order valence-electron chi connectivity index (χ1n) is 9.39. The highest BCUT2D eigenvalue weighted by atomic mass is 16.5. The van der Waals surface area contributed by atoms with E-state index in [1.165, 1.54) is 0 Å². The number of ether oxygens (including phenoxy) is 1. The molecule has 1 aliphatic carbocycles. The second-order valence-electron chi connectivity index (χ2n) is 7.87. The second-order valence-corrected chi connectivity index (χ2v) is 7.87. The molecule has 0 aliphatic heterocycles. The molecule has 28 heavy (non-hydrogen) atoms. The van der Waals surface area contributed by atoms with Gasteiger partial charge in [-0.2, -0.15) is 10.4 Å². The number of nitrogens with one attached hydrogen (secondary N) is 1. The first kappa shape index (κ1) is 21.6. The summed E-state index contributed by atoms with van der Waals surface area (Å²) < 4.78 is 5.48. The molecule has 0 heterocycles. The molecule has 0 unspecified atom stereocenters. The molecule has 1 amide bonds. The average Bonchev–Trinajstić information content (AvgIpc) is 2.64. The molecule has 0 saturated heterocycles. The molecule has 2 N–H and O–H groups in total. The molecule has 1 aromatic carbocycles. The number of amides is 1. The fourth-order valence-corrected chi connectivity index (χ4v) is 3.40. The molecule has 1 fully saturated rings. The number of nitrogens with zero attached hydrogens (tertiary/aromatic N) is 2. The Kier molecular flexibility index (Phi) is 7.30. The number of benzene rings is 1. The molecule has 0 bridgehead atoms. The van der Waals surface area contributed by atoms with Crippen LogP contribution in [0.5, 0.6) is 0 Å². The van der Waals surface area contributed by atoms with E-state index < -0.39 is 23.4 Å².